The Morgan fingerprint density at radius 1 is 1.10 bits per heavy atom. The van der Waals surface area contributed by atoms with Gasteiger partial charge in [-0.3, -0.25) is 11.3 Å². The molecule has 0 aliphatic carbocycles. The molecule has 1 aliphatic rings. The number of thioether (sulfide) groups is 1. The molecule has 0 saturated carbocycles. The summed E-state index contributed by atoms with van der Waals surface area (Å²) in [7, 11) is 0. The van der Waals surface area contributed by atoms with Crippen LogP contribution in [0.5, 0.6) is 0 Å². The maximum absolute atomic E-state index is 5.81. The molecule has 3 N–H and O–H groups in total. The Morgan fingerprint density at radius 2 is 1.85 bits per heavy atom. The molecule has 0 bridgehead atoms. The molecule has 0 spiro atoms. The zero-order chi connectivity index (χ0) is 13.8. The van der Waals surface area contributed by atoms with E-state index in [1.807, 2.05) is 0 Å². The van der Waals surface area contributed by atoms with Gasteiger partial charge in [-0.05, 0) is 59.1 Å². The largest absolute Gasteiger partial charge is 0.271 e. The van der Waals surface area contributed by atoms with Gasteiger partial charge in [-0.2, -0.15) is 11.8 Å². The highest BCUT2D eigenvalue weighted by molar-refractivity contribution is 7.99. The van der Waals surface area contributed by atoms with E-state index in [2.05, 4.69) is 59.7 Å². The van der Waals surface area contributed by atoms with Crippen LogP contribution in [0.3, 0.4) is 0 Å². The van der Waals surface area contributed by atoms with Gasteiger partial charge in [0, 0.05) is 6.04 Å². The van der Waals surface area contributed by atoms with Gasteiger partial charge in [0.15, 0.2) is 0 Å². The van der Waals surface area contributed by atoms with Crippen molar-refractivity contribution in [3.8, 4) is 0 Å². The second-order valence-electron chi connectivity index (χ2n) is 5.62. The molecule has 20 heavy (non-hydrogen) atoms. The van der Waals surface area contributed by atoms with Gasteiger partial charge in [-0.15, -0.1) is 0 Å². The predicted octanol–water partition coefficient (Wildman–Crippen LogP) is 3.88. The number of nitrogens with two attached hydrogens (primary N) is 1. The van der Waals surface area contributed by atoms with Crippen LogP contribution < -0.4 is 11.3 Å². The normalized spacial score (nSPS) is 18.2. The van der Waals surface area contributed by atoms with Gasteiger partial charge >= 0.3 is 0 Å². The van der Waals surface area contributed by atoms with Crippen molar-refractivity contribution in [2.24, 2.45) is 11.8 Å². The molecule has 2 aromatic rings. The van der Waals surface area contributed by atoms with Crippen LogP contribution in [-0.2, 0) is 0 Å². The minimum atomic E-state index is 0.271. The lowest BCUT2D eigenvalue weighted by Crippen LogP contribution is -2.30. The van der Waals surface area contributed by atoms with E-state index in [0.717, 1.165) is 12.3 Å². The van der Waals surface area contributed by atoms with Gasteiger partial charge in [-0.25, -0.2) is 0 Å². The summed E-state index contributed by atoms with van der Waals surface area (Å²) in [6.45, 7) is 0. The molecule has 106 valence electrons. The van der Waals surface area contributed by atoms with Gasteiger partial charge in [0.1, 0.15) is 0 Å². The topological polar surface area (TPSA) is 38.0 Å². The summed E-state index contributed by atoms with van der Waals surface area (Å²) in [6, 6.07) is 15.5. The first-order valence-corrected chi connectivity index (χ1v) is 8.55. The van der Waals surface area contributed by atoms with Crippen molar-refractivity contribution in [2.45, 2.75) is 25.3 Å². The number of hydrazine groups is 1. The lowest BCUT2D eigenvalue weighted by molar-refractivity contribution is 0.374. The zero-order valence-corrected chi connectivity index (χ0v) is 12.5. The van der Waals surface area contributed by atoms with E-state index in [1.165, 1.54) is 40.7 Å². The minimum absolute atomic E-state index is 0.271. The van der Waals surface area contributed by atoms with E-state index in [1.54, 1.807) is 0 Å². The van der Waals surface area contributed by atoms with Gasteiger partial charge in [0.2, 0.25) is 0 Å². The number of benzene rings is 2. The Hall–Kier alpha value is -1.03. The number of hydrogen-bond acceptors (Lipinski definition) is 3. The number of fused-ring (bicyclic) bond motifs is 1. The average Bonchev–Trinajstić information content (AvgIpc) is 2.53. The molecule has 1 fully saturated rings. The fraction of sp³-hybridized carbons (Fsp3) is 0.412. The van der Waals surface area contributed by atoms with E-state index >= 15 is 0 Å². The van der Waals surface area contributed by atoms with Crippen molar-refractivity contribution in [1.82, 2.24) is 5.43 Å². The van der Waals surface area contributed by atoms with E-state index in [4.69, 9.17) is 5.84 Å². The molecular formula is C17H22N2S. The zero-order valence-electron chi connectivity index (χ0n) is 11.7. The van der Waals surface area contributed by atoms with Crippen molar-refractivity contribution in [3.05, 3.63) is 48.0 Å². The van der Waals surface area contributed by atoms with Crippen LogP contribution in [0.25, 0.3) is 10.8 Å². The molecule has 3 rings (SSSR count). The van der Waals surface area contributed by atoms with Crippen LogP contribution in [0.2, 0.25) is 0 Å². The second-order valence-corrected chi connectivity index (χ2v) is 6.84. The highest BCUT2D eigenvalue weighted by Crippen LogP contribution is 2.31. The molecule has 1 heterocycles. The van der Waals surface area contributed by atoms with E-state index in [-0.39, 0.29) is 6.04 Å². The molecule has 3 heteroatoms. The summed E-state index contributed by atoms with van der Waals surface area (Å²) in [6.07, 6.45) is 3.81. The highest BCUT2D eigenvalue weighted by Gasteiger charge is 2.19. The Morgan fingerprint density at radius 3 is 2.60 bits per heavy atom. The SMILES string of the molecule is NNC(CC1CCSCC1)c1ccc2ccccc2c1. The molecule has 1 unspecified atom stereocenters. The molecule has 0 amide bonds. The van der Waals surface area contributed by atoms with Crippen LogP contribution in [0, 0.1) is 5.92 Å². The molecule has 0 aromatic heterocycles. The Balaban J connectivity index is 1.79. The van der Waals surface area contributed by atoms with Crippen molar-refractivity contribution in [1.29, 1.82) is 0 Å². The third-order valence-electron chi connectivity index (χ3n) is 4.29. The average molecular weight is 286 g/mol. The summed E-state index contributed by atoms with van der Waals surface area (Å²) in [4.78, 5) is 0. The second kappa shape index (κ2) is 6.61. The van der Waals surface area contributed by atoms with Gasteiger partial charge < -0.3 is 0 Å². The highest BCUT2D eigenvalue weighted by atomic mass is 32.2. The van der Waals surface area contributed by atoms with Crippen LogP contribution in [0.15, 0.2) is 42.5 Å². The number of nitrogens with one attached hydrogen (secondary N) is 1. The third-order valence-corrected chi connectivity index (χ3v) is 5.34. The molecule has 1 aliphatic heterocycles. The molecular weight excluding hydrogens is 264 g/mol. The molecule has 2 nitrogen and oxygen atoms in total. The van der Waals surface area contributed by atoms with Gasteiger partial charge in [0.25, 0.3) is 0 Å². The van der Waals surface area contributed by atoms with E-state index in [9.17, 15) is 0 Å². The van der Waals surface area contributed by atoms with Gasteiger partial charge in [-0.1, -0.05) is 36.4 Å². The first-order valence-electron chi connectivity index (χ1n) is 7.39. The smallest absolute Gasteiger partial charge is 0.0462 e. The van der Waals surface area contributed by atoms with Crippen LogP contribution in [0.4, 0.5) is 0 Å². The van der Waals surface area contributed by atoms with E-state index < -0.39 is 0 Å². The minimum Gasteiger partial charge on any atom is -0.271 e. The van der Waals surface area contributed by atoms with Crippen LogP contribution >= 0.6 is 11.8 Å². The quantitative estimate of drug-likeness (QED) is 0.662. The first kappa shape index (κ1) is 13.9. The van der Waals surface area contributed by atoms with Crippen LogP contribution in [-0.4, -0.2) is 11.5 Å². The number of rotatable bonds is 4. The summed E-state index contributed by atoms with van der Waals surface area (Å²) in [5, 5.41) is 2.59. The predicted molar refractivity (Wildman–Crippen MR) is 88.7 cm³/mol. The van der Waals surface area contributed by atoms with Crippen molar-refractivity contribution >= 4 is 22.5 Å². The summed E-state index contributed by atoms with van der Waals surface area (Å²) in [5.74, 6) is 9.23. The number of hydrogen-bond donors (Lipinski definition) is 2. The molecule has 2 aromatic carbocycles. The Bertz CT molecular complexity index is 564. The Labute approximate surface area is 125 Å². The monoisotopic (exact) mass is 286 g/mol. The fourth-order valence-corrected chi connectivity index (χ4v) is 4.24. The summed E-state index contributed by atoms with van der Waals surface area (Å²) < 4.78 is 0. The first-order chi connectivity index (χ1) is 9.86. The fourth-order valence-electron chi connectivity index (χ4n) is 3.04. The van der Waals surface area contributed by atoms with Gasteiger partial charge in [0.05, 0.1) is 0 Å². The van der Waals surface area contributed by atoms with Crippen molar-refractivity contribution in [2.75, 3.05) is 11.5 Å². The standard InChI is InChI=1S/C17H22N2S/c18-19-17(11-13-7-9-20-10-8-13)16-6-5-14-3-1-2-4-15(14)12-16/h1-6,12-13,17,19H,7-11,18H2. The van der Waals surface area contributed by atoms with Crippen molar-refractivity contribution < 1.29 is 0 Å². The van der Waals surface area contributed by atoms with E-state index in [0.29, 0.717) is 0 Å². The molecule has 1 atom stereocenters. The van der Waals surface area contributed by atoms with Crippen LogP contribution in [0.1, 0.15) is 30.9 Å². The lowest BCUT2D eigenvalue weighted by Gasteiger charge is -2.26. The lowest BCUT2D eigenvalue weighted by atomic mass is 9.90. The Kier molecular flexibility index (Phi) is 4.61. The summed E-state index contributed by atoms with van der Waals surface area (Å²) >= 11 is 2.08. The maximum Gasteiger partial charge on any atom is 0.0462 e. The maximum atomic E-state index is 5.81. The summed E-state index contributed by atoms with van der Waals surface area (Å²) in [5.41, 5.74) is 4.33. The molecule has 0 radical (unpaired) electrons. The molecule has 1 saturated heterocycles. The van der Waals surface area contributed by atoms with Crippen molar-refractivity contribution in [3.63, 3.8) is 0 Å². The third kappa shape index (κ3) is 3.17.